The van der Waals surface area contributed by atoms with Gasteiger partial charge in [0.15, 0.2) is 0 Å². The number of ether oxygens (including phenoxy) is 1. The molecule has 0 amide bonds. The molecule has 1 aromatic heterocycles. The van der Waals surface area contributed by atoms with Crippen LogP contribution in [0.1, 0.15) is 12.0 Å². The summed E-state index contributed by atoms with van der Waals surface area (Å²) in [6.07, 6.45) is 3.45. The lowest BCUT2D eigenvalue weighted by atomic mass is 10.1. The van der Waals surface area contributed by atoms with Crippen molar-refractivity contribution in [3.63, 3.8) is 0 Å². The number of para-hydroxylation sites is 1. The Morgan fingerprint density at radius 3 is 2.48 bits per heavy atom. The first-order valence-electron chi connectivity index (χ1n) is 9.62. The molecule has 0 aliphatic carbocycles. The number of halogens is 1. The molecule has 154 valence electrons. The summed E-state index contributed by atoms with van der Waals surface area (Å²) in [5, 5.41) is 0.862. The van der Waals surface area contributed by atoms with Gasteiger partial charge in [-0.2, -0.15) is 0 Å². The van der Waals surface area contributed by atoms with E-state index in [-0.39, 0.29) is 22.2 Å². The molecule has 4 rings (SSSR count). The minimum absolute atomic E-state index is 0. The Balaban J connectivity index is 0.00000240. The van der Waals surface area contributed by atoms with Crippen LogP contribution < -0.4 is 0 Å². The topological polar surface area (TPSA) is 59.5 Å². The number of hydrogen-bond donors (Lipinski definition) is 0. The van der Waals surface area contributed by atoms with Crippen LogP contribution in [0.5, 0.6) is 0 Å². The van der Waals surface area contributed by atoms with E-state index < -0.39 is 9.84 Å². The highest BCUT2D eigenvalue weighted by Crippen LogP contribution is 2.25. The Morgan fingerprint density at radius 2 is 1.72 bits per heavy atom. The lowest BCUT2D eigenvalue weighted by Crippen LogP contribution is -2.36. The molecule has 5 nitrogen and oxygen atoms in total. The number of nitrogens with zero attached hydrogens (tertiary/aromatic N) is 2. The highest BCUT2D eigenvalue weighted by atomic mass is 35.5. The molecule has 29 heavy (non-hydrogen) atoms. The third kappa shape index (κ3) is 4.95. The van der Waals surface area contributed by atoms with Crippen molar-refractivity contribution in [2.24, 2.45) is 0 Å². The van der Waals surface area contributed by atoms with Gasteiger partial charge in [-0.05, 0) is 43.1 Å². The molecular weight excluding hydrogens is 408 g/mol. The molecule has 1 saturated heterocycles. The van der Waals surface area contributed by atoms with Gasteiger partial charge in [0, 0.05) is 24.7 Å². The summed E-state index contributed by atoms with van der Waals surface area (Å²) in [7, 11) is -3.56. The average Bonchev–Trinajstić information content (AvgIpc) is 2.75. The van der Waals surface area contributed by atoms with E-state index in [0.717, 1.165) is 62.2 Å². The van der Waals surface area contributed by atoms with E-state index in [2.05, 4.69) is 16.0 Å². The van der Waals surface area contributed by atoms with Crippen LogP contribution in [0.15, 0.2) is 70.6 Å². The third-order valence-electron chi connectivity index (χ3n) is 5.16. The van der Waals surface area contributed by atoms with E-state index in [1.807, 2.05) is 12.1 Å². The summed E-state index contributed by atoms with van der Waals surface area (Å²) in [6.45, 7) is 4.66. The van der Waals surface area contributed by atoms with Gasteiger partial charge in [-0.25, -0.2) is 8.42 Å². The predicted molar refractivity (Wildman–Crippen MR) is 116 cm³/mol. The molecule has 1 aliphatic heterocycles. The molecule has 7 heteroatoms. The number of benzene rings is 2. The second-order valence-electron chi connectivity index (χ2n) is 7.03. The standard InChI is InChI=1S/C22H24N2O3S.ClH/c25-28(26,20-9-2-1-3-10-20)21-16-19-7-4-6-18(22(19)23-17-21)8-5-11-24-12-14-27-15-13-24;/h1-4,6-7,9-10,16-17H,5,8,11-15H2;1H. The van der Waals surface area contributed by atoms with Gasteiger partial charge < -0.3 is 4.74 Å². The van der Waals surface area contributed by atoms with Gasteiger partial charge in [0.25, 0.3) is 0 Å². The zero-order valence-electron chi connectivity index (χ0n) is 16.2. The first-order valence-corrected chi connectivity index (χ1v) is 11.1. The van der Waals surface area contributed by atoms with E-state index in [0.29, 0.717) is 0 Å². The van der Waals surface area contributed by atoms with E-state index in [1.165, 1.54) is 6.20 Å². The summed E-state index contributed by atoms with van der Waals surface area (Å²) in [5.41, 5.74) is 2.05. The molecule has 1 fully saturated rings. The fraction of sp³-hybridized carbons (Fsp3) is 0.318. The average molecular weight is 433 g/mol. The first-order chi connectivity index (χ1) is 13.6. The zero-order valence-corrected chi connectivity index (χ0v) is 17.8. The maximum atomic E-state index is 12.9. The summed E-state index contributed by atoms with van der Waals surface area (Å²) in [6, 6.07) is 16.2. The number of pyridine rings is 1. The number of rotatable bonds is 6. The van der Waals surface area contributed by atoms with Crippen LogP contribution in [0.2, 0.25) is 0 Å². The number of aromatic nitrogens is 1. The van der Waals surface area contributed by atoms with Gasteiger partial charge in [-0.3, -0.25) is 9.88 Å². The van der Waals surface area contributed by atoms with Gasteiger partial charge in [-0.15, -0.1) is 12.4 Å². The Kier molecular flexibility index (Phi) is 7.24. The van der Waals surface area contributed by atoms with Crippen LogP contribution in [-0.4, -0.2) is 51.1 Å². The highest BCUT2D eigenvalue weighted by Gasteiger charge is 2.18. The van der Waals surface area contributed by atoms with Crippen molar-refractivity contribution in [2.45, 2.75) is 22.6 Å². The fourth-order valence-electron chi connectivity index (χ4n) is 3.61. The van der Waals surface area contributed by atoms with Gasteiger partial charge >= 0.3 is 0 Å². The summed E-state index contributed by atoms with van der Waals surface area (Å²) in [5.74, 6) is 0. The largest absolute Gasteiger partial charge is 0.379 e. The Labute approximate surface area is 178 Å². The van der Waals surface area contributed by atoms with Crippen LogP contribution in [-0.2, 0) is 21.0 Å². The molecular formula is C22H25ClN2O3S. The van der Waals surface area contributed by atoms with Crippen molar-refractivity contribution in [1.82, 2.24) is 9.88 Å². The summed E-state index contributed by atoms with van der Waals surface area (Å²) >= 11 is 0. The van der Waals surface area contributed by atoms with E-state index in [4.69, 9.17) is 4.74 Å². The van der Waals surface area contributed by atoms with Crippen LogP contribution in [0.3, 0.4) is 0 Å². The van der Waals surface area contributed by atoms with Crippen molar-refractivity contribution >= 4 is 33.1 Å². The quantitative estimate of drug-likeness (QED) is 0.593. The van der Waals surface area contributed by atoms with E-state index in [1.54, 1.807) is 36.4 Å². The van der Waals surface area contributed by atoms with Gasteiger partial charge in [0.2, 0.25) is 9.84 Å². The van der Waals surface area contributed by atoms with Crippen molar-refractivity contribution < 1.29 is 13.2 Å². The number of hydrogen-bond acceptors (Lipinski definition) is 5. The first kappa shape index (κ1) is 21.7. The number of morpholine rings is 1. The van der Waals surface area contributed by atoms with Gasteiger partial charge in [0.1, 0.15) is 0 Å². The highest BCUT2D eigenvalue weighted by molar-refractivity contribution is 7.91. The molecule has 0 atom stereocenters. The molecule has 2 heterocycles. The zero-order chi connectivity index (χ0) is 19.4. The second kappa shape index (κ2) is 9.67. The summed E-state index contributed by atoms with van der Waals surface area (Å²) in [4.78, 5) is 7.47. The number of aryl methyl sites for hydroxylation is 1. The van der Waals surface area contributed by atoms with Crippen LogP contribution in [0.4, 0.5) is 0 Å². The SMILES string of the molecule is Cl.O=S(=O)(c1ccccc1)c1cnc2c(CCCN3CCOCC3)cccc2c1. The Bertz CT molecular complexity index is 1050. The fourth-order valence-corrected chi connectivity index (χ4v) is 4.87. The lowest BCUT2D eigenvalue weighted by Gasteiger charge is -2.26. The summed E-state index contributed by atoms with van der Waals surface area (Å²) < 4.78 is 31.1. The molecule has 1 aliphatic rings. The van der Waals surface area contributed by atoms with Gasteiger partial charge in [-0.1, -0.05) is 36.4 Å². The minimum Gasteiger partial charge on any atom is -0.379 e. The molecule has 0 unspecified atom stereocenters. The molecule has 0 radical (unpaired) electrons. The minimum atomic E-state index is -3.56. The molecule has 3 aromatic rings. The smallest absolute Gasteiger partial charge is 0.208 e. The van der Waals surface area contributed by atoms with E-state index >= 15 is 0 Å². The van der Waals surface area contributed by atoms with Crippen molar-refractivity contribution in [3.8, 4) is 0 Å². The second-order valence-corrected chi connectivity index (χ2v) is 8.98. The lowest BCUT2D eigenvalue weighted by molar-refractivity contribution is 0.0375. The molecule has 0 N–H and O–H groups in total. The molecule has 0 saturated carbocycles. The number of sulfone groups is 1. The number of fused-ring (bicyclic) bond motifs is 1. The van der Waals surface area contributed by atoms with Crippen LogP contribution in [0.25, 0.3) is 10.9 Å². The Hall–Kier alpha value is -1.99. The monoisotopic (exact) mass is 432 g/mol. The normalized spacial score (nSPS) is 15.2. The molecule has 0 bridgehead atoms. The van der Waals surface area contributed by atoms with Crippen LogP contribution >= 0.6 is 12.4 Å². The van der Waals surface area contributed by atoms with Gasteiger partial charge in [0.05, 0.1) is 28.5 Å². The molecule has 0 spiro atoms. The van der Waals surface area contributed by atoms with Crippen molar-refractivity contribution in [1.29, 1.82) is 0 Å². The Morgan fingerprint density at radius 1 is 0.966 bits per heavy atom. The van der Waals surface area contributed by atoms with Crippen LogP contribution in [0, 0.1) is 0 Å². The van der Waals surface area contributed by atoms with E-state index in [9.17, 15) is 8.42 Å². The third-order valence-corrected chi connectivity index (χ3v) is 6.89. The maximum Gasteiger partial charge on any atom is 0.208 e. The molecule has 2 aromatic carbocycles. The van der Waals surface area contributed by atoms with Crippen molar-refractivity contribution in [3.05, 3.63) is 66.4 Å². The van der Waals surface area contributed by atoms with Crippen molar-refractivity contribution in [2.75, 3.05) is 32.8 Å². The maximum absolute atomic E-state index is 12.9. The predicted octanol–water partition coefficient (Wildman–Crippen LogP) is 3.75.